The summed E-state index contributed by atoms with van der Waals surface area (Å²) in [6, 6.07) is 8.23. The molecule has 1 aliphatic carbocycles. The molecule has 3 N–H and O–H groups in total. The SMILES string of the molecule is N[C@H](CO)CC1=CCc2ccccc21. The van der Waals surface area contributed by atoms with Gasteiger partial charge >= 0.3 is 0 Å². The predicted molar refractivity (Wildman–Crippen MR) is 57.8 cm³/mol. The predicted octanol–water partition coefficient (Wildman–Crippen LogP) is 1.34. The van der Waals surface area contributed by atoms with Crippen molar-refractivity contribution in [2.45, 2.75) is 18.9 Å². The van der Waals surface area contributed by atoms with Gasteiger partial charge in [-0.2, -0.15) is 0 Å². The third-order valence-corrected chi connectivity index (χ3v) is 2.65. The summed E-state index contributed by atoms with van der Waals surface area (Å²) in [4.78, 5) is 0. The summed E-state index contributed by atoms with van der Waals surface area (Å²) in [6.45, 7) is 0.0551. The van der Waals surface area contributed by atoms with E-state index in [1.54, 1.807) is 0 Å². The minimum atomic E-state index is -0.132. The third kappa shape index (κ3) is 1.72. The van der Waals surface area contributed by atoms with Gasteiger partial charge in [0.15, 0.2) is 0 Å². The normalized spacial score (nSPS) is 16.3. The third-order valence-electron chi connectivity index (χ3n) is 2.65. The molecule has 1 aromatic carbocycles. The van der Waals surface area contributed by atoms with Crippen molar-refractivity contribution < 1.29 is 5.11 Å². The Bertz CT molecular complexity index is 357. The van der Waals surface area contributed by atoms with E-state index in [0.717, 1.165) is 12.8 Å². The molecule has 0 radical (unpaired) electrons. The molecule has 0 bridgehead atoms. The van der Waals surface area contributed by atoms with Crippen molar-refractivity contribution in [3.8, 4) is 0 Å². The molecule has 0 spiro atoms. The molecule has 0 aromatic heterocycles. The second kappa shape index (κ2) is 3.95. The topological polar surface area (TPSA) is 46.2 Å². The molecule has 0 heterocycles. The molecule has 0 saturated carbocycles. The summed E-state index contributed by atoms with van der Waals surface area (Å²) in [6.07, 6.45) is 3.98. The molecule has 0 saturated heterocycles. The Morgan fingerprint density at radius 3 is 2.93 bits per heavy atom. The van der Waals surface area contributed by atoms with Gasteiger partial charge in [-0.25, -0.2) is 0 Å². The second-order valence-corrected chi connectivity index (χ2v) is 3.74. The molecule has 1 atom stereocenters. The van der Waals surface area contributed by atoms with Gasteiger partial charge in [0.1, 0.15) is 0 Å². The fraction of sp³-hybridized carbons (Fsp3) is 0.333. The van der Waals surface area contributed by atoms with Crippen LogP contribution in [0.2, 0.25) is 0 Å². The van der Waals surface area contributed by atoms with Crippen LogP contribution in [-0.4, -0.2) is 17.8 Å². The minimum absolute atomic E-state index is 0.0551. The van der Waals surface area contributed by atoms with Crippen molar-refractivity contribution >= 4 is 5.57 Å². The fourth-order valence-electron chi connectivity index (χ4n) is 1.89. The van der Waals surface area contributed by atoms with Gasteiger partial charge in [0.25, 0.3) is 0 Å². The maximum absolute atomic E-state index is 8.89. The Morgan fingerprint density at radius 1 is 1.36 bits per heavy atom. The average Bonchev–Trinajstić information content (AvgIpc) is 2.62. The van der Waals surface area contributed by atoms with E-state index in [4.69, 9.17) is 10.8 Å². The first-order valence-corrected chi connectivity index (χ1v) is 4.95. The summed E-state index contributed by atoms with van der Waals surface area (Å²) in [7, 11) is 0. The smallest absolute Gasteiger partial charge is 0.0585 e. The van der Waals surface area contributed by atoms with Crippen LogP contribution in [0.25, 0.3) is 5.57 Å². The highest BCUT2D eigenvalue weighted by molar-refractivity contribution is 5.73. The zero-order chi connectivity index (χ0) is 9.97. The summed E-state index contributed by atoms with van der Waals surface area (Å²) < 4.78 is 0. The molecule has 1 aliphatic rings. The second-order valence-electron chi connectivity index (χ2n) is 3.74. The highest BCUT2D eigenvalue weighted by Gasteiger charge is 2.14. The largest absolute Gasteiger partial charge is 0.395 e. The van der Waals surface area contributed by atoms with Gasteiger partial charge < -0.3 is 10.8 Å². The number of benzene rings is 1. The standard InChI is InChI=1S/C12H15NO/c13-11(8-14)7-10-6-5-9-3-1-2-4-12(9)10/h1-4,6,11,14H,5,7-8,13H2/t11-/m0/s1. The first-order chi connectivity index (χ1) is 6.81. The maximum atomic E-state index is 8.89. The number of allylic oxidation sites excluding steroid dienone is 1. The van der Waals surface area contributed by atoms with Crippen LogP contribution < -0.4 is 5.73 Å². The molecule has 2 heteroatoms. The Labute approximate surface area is 84.1 Å². The van der Waals surface area contributed by atoms with Crippen molar-refractivity contribution in [2.24, 2.45) is 5.73 Å². The number of nitrogens with two attached hydrogens (primary N) is 1. The first-order valence-electron chi connectivity index (χ1n) is 4.95. The molecule has 1 aromatic rings. The molecular weight excluding hydrogens is 174 g/mol. The van der Waals surface area contributed by atoms with E-state index in [2.05, 4.69) is 24.3 Å². The number of rotatable bonds is 3. The number of aliphatic hydroxyl groups is 1. The van der Waals surface area contributed by atoms with E-state index in [-0.39, 0.29) is 12.6 Å². The van der Waals surface area contributed by atoms with Gasteiger partial charge in [-0.05, 0) is 29.5 Å². The molecule has 2 nitrogen and oxygen atoms in total. The average molecular weight is 189 g/mol. The van der Waals surface area contributed by atoms with Gasteiger partial charge in [-0.15, -0.1) is 0 Å². The van der Waals surface area contributed by atoms with Crippen molar-refractivity contribution in [3.63, 3.8) is 0 Å². The van der Waals surface area contributed by atoms with Crippen LogP contribution in [0.15, 0.2) is 30.3 Å². The number of aliphatic hydroxyl groups excluding tert-OH is 1. The molecule has 0 amide bonds. The van der Waals surface area contributed by atoms with Gasteiger partial charge in [0.05, 0.1) is 6.61 Å². The Hall–Kier alpha value is -1.12. The summed E-state index contributed by atoms with van der Waals surface area (Å²) in [5.41, 5.74) is 9.67. The van der Waals surface area contributed by atoms with E-state index in [1.165, 1.54) is 16.7 Å². The van der Waals surface area contributed by atoms with Gasteiger partial charge in [-0.1, -0.05) is 30.3 Å². The Balaban J connectivity index is 2.17. The van der Waals surface area contributed by atoms with E-state index < -0.39 is 0 Å². The van der Waals surface area contributed by atoms with Crippen LogP contribution >= 0.6 is 0 Å². The molecule has 0 unspecified atom stereocenters. The van der Waals surface area contributed by atoms with Crippen LogP contribution in [0, 0.1) is 0 Å². The molecule has 74 valence electrons. The van der Waals surface area contributed by atoms with Crippen LogP contribution in [-0.2, 0) is 6.42 Å². The lowest BCUT2D eigenvalue weighted by Gasteiger charge is -2.10. The van der Waals surface area contributed by atoms with Crippen molar-refractivity contribution in [1.82, 2.24) is 0 Å². The lowest BCUT2D eigenvalue weighted by atomic mass is 10.0. The van der Waals surface area contributed by atoms with E-state index in [1.807, 2.05) is 6.07 Å². The van der Waals surface area contributed by atoms with Gasteiger partial charge in [0.2, 0.25) is 0 Å². The monoisotopic (exact) mass is 189 g/mol. The van der Waals surface area contributed by atoms with Crippen molar-refractivity contribution in [2.75, 3.05) is 6.61 Å². The van der Waals surface area contributed by atoms with Gasteiger partial charge in [0, 0.05) is 6.04 Å². The van der Waals surface area contributed by atoms with Crippen LogP contribution in [0.3, 0.4) is 0 Å². The molecule has 2 rings (SSSR count). The molecule has 0 aliphatic heterocycles. The zero-order valence-electron chi connectivity index (χ0n) is 8.11. The minimum Gasteiger partial charge on any atom is -0.395 e. The first kappa shape index (κ1) is 9.44. The highest BCUT2D eigenvalue weighted by Crippen LogP contribution is 2.29. The number of fused-ring (bicyclic) bond motifs is 1. The van der Waals surface area contributed by atoms with E-state index in [0.29, 0.717) is 0 Å². The van der Waals surface area contributed by atoms with Crippen LogP contribution in [0.1, 0.15) is 17.5 Å². The summed E-state index contributed by atoms with van der Waals surface area (Å²) in [5.74, 6) is 0. The van der Waals surface area contributed by atoms with Crippen molar-refractivity contribution in [1.29, 1.82) is 0 Å². The fourth-order valence-corrected chi connectivity index (χ4v) is 1.89. The molecular formula is C12H15NO. The van der Waals surface area contributed by atoms with E-state index >= 15 is 0 Å². The lowest BCUT2D eigenvalue weighted by Crippen LogP contribution is -2.24. The van der Waals surface area contributed by atoms with E-state index in [9.17, 15) is 0 Å². The van der Waals surface area contributed by atoms with Crippen LogP contribution in [0.5, 0.6) is 0 Å². The zero-order valence-corrected chi connectivity index (χ0v) is 8.11. The molecule has 14 heavy (non-hydrogen) atoms. The van der Waals surface area contributed by atoms with Gasteiger partial charge in [-0.3, -0.25) is 0 Å². The number of hydrogen-bond donors (Lipinski definition) is 2. The van der Waals surface area contributed by atoms with Crippen LogP contribution in [0.4, 0.5) is 0 Å². The maximum Gasteiger partial charge on any atom is 0.0585 e. The Kier molecular flexibility index (Phi) is 2.66. The lowest BCUT2D eigenvalue weighted by molar-refractivity contribution is 0.267. The molecule has 0 fully saturated rings. The number of hydrogen-bond acceptors (Lipinski definition) is 2. The Morgan fingerprint density at radius 2 is 2.14 bits per heavy atom. The quantitative estimate of drug-likeness (QED) is 0.753. The highest BCUT2D eigenvalue weighted by atomic mass is 16.3. The summed E-state index contributed by atoms with van der Waals surface area (Å²) >= 11 is 0. The summed E-state index contributed by atoms with van der Waals surface area (Å²) in [5, 5.41) is 8.89. The van der Waals surface area contributed by atoms with Crippen molar-refractivity contribution in [3.05, 3.63) is 41.5 Å².